The summed E-state index contributed by atoms with van der Waals surface area (Å²) in [7, 11) is 0. The molecule has 0 aliphatic heterocycles. The van der Waals surface area contributed by atoms with Gasteiger partial charge >= 0.3 is 0 Å². The quantitative estimate of drug-likeness (QED) is 0.793. The normalized spacial score (nSPS) is 38.0. The molecule has 0 radical (unpaired) electrons. The molecule has 2 aliphatic carbocycles. The zero-order valence-corrected chi connectivity index (χ0v) is 10.8. The lowest BCUT2D eigenvalue weighted by Gasteiger charge is -2.44. The van der Waals surface area contributed by atoms with Crippen LogP contribution in [0.15, 0.2) is 0 Å². The number of hydrogen-bond acceptors (Lipinski definition) is 2. The standard InChI is InChI=1S/C14H24N2/c1-11-6-13(2,3)9-14(7-11,10-15)16-8-12-4-5-12/h11-12,16H,4-9H2,1-3H3. The molecule has 0 aromatic carbocycles. The Morgan fingerprint density at radius 2 is 2.00 bits per heavy atom. The third kappa shape index (κ3) is 2.77. The van der Waals surface area contributed by atoms with Crippen molar-refractivity contribution in [3.05, 3.63) is 0 Å². The third-order valence-corrected chi connectivity index (χ3v) is 4.02. The van der Waals surface area contributed by atoms with E-state index in [4.69, 9.17) is 0 Å². The van der Waals surface area contributed by atoms with Gasteiger partial charge in [-0.3, -0.25) is 5.32 Å². The van der Waals surface area contributed by atoms with Crippen LogP contribution >= 0.6 is 0 Å². The summed E-state index contributed by atoms with van der Waals surface area (Å²) in [6.07, 6.45) is 6.00. The lowest BCUT2D eigenvalue weighted by atomic mass is 9.65. The minimum absolute atomic E-state index is 0.246. The van der Waals surface area contributed by atoms with Crippen molar-refractivity contribution in [3.63, 3.8) is 0 Å². The van der Waals surface area contributed by atoms with Crippen molar-refractivity contribution in [3.8, 4) is 6.07 Å². The molecule has 0 amide bonds. The second-order valence-electron chi connectivity index (χ2n) is 6.87. The van der Waals surface area contributed by atoms with Crippen molar-refractivity contribution >= 4 is 0 Å². The first-order chi connectivity index (χ1) is 7.45. The first-order valence-corrected chi connectivity index (χ1v) is 6.61. The molecule has 0 spiro atoms. The molecule has 2 unspecified atom stereocenters. The monoisotopic (exact) mass is 220 g/mol. The molecule has 2 atom stereocenters. The van der Waals surface area contributed by atoms with E-state index in [1.165, 1.54) is 19.3 Å². The van der Waals surface area contributed by atoms with Crippen LogP contribution in [0.1, 0.15) is 52.9 Å². The molecule has 2 fully saturated rings. The Balaban J connectivity index is 2.03. The molecule has 16 heavy (non-hydrogen) atoms. The lowest BCUT2D eigenvalue weighted by Crippen LogP contribution is -2.52. The average Bonchev–Trinajstić information content (AvgIpc) is 2.95. The highest BCUT2D eigenvalue weighted by Gasteiger charge is 2.43. The van der Waals surface area contributed by atoms with E-state index in [2.05, 4.69) is 32.2 Å². The van der Waals surface area contributed by atoms with E-state index < -0.39 is 0 Å². The van der Waals surface area contributed by atoms with Crippen molar-refractivity contribution in [1.29, 1.82) is 5.26 Å². The molecule has 0 aromatic heterocycles. The van der Waals surface area contributed by atoms with E-state index in [9.17, 15) is 5.26 Å². The van der Waals surface area contributed by atoms with Crippen LogP contribution in [0, 0.1) is 28.6 Å². The maximum atomic E-state index is 9.51. The van der Waals surface area contributed by atoms with Gasteiger partial charge in [-0.05, 0) is 55.9 Å². The van der Waals surface area contributed by atoms with Crippen LogP contribution in [0.25, 0.3) is 0 Å². The van der Waals surface area contributed by atoms with Gasteiger partial charge in [0, 0.05) is 0 Å². The SMILES string of the molecule is CC1CC(C)(C)CC(C#N)(NCC2CC2)C1. The van der Waals surface area contributed by atoms with Crippen molar-refractivity contribution in [1.82, 2.24) is 5.32 Å². The van der Waals surface area contributed by atoms with Crippen LogP contribution in [0.3, 0.4) is 0 Å². The Morgan fingerprint density at radius 1 is 1.31 bits per heavy atom. The summed E-state index contributed by atoms with van der Waals surface area (Å²) in [4.78, 5) is 0. The molecule has 2 nitrogen and oxygen atoms in total. The molecule has 1 N–H and O–H groups in total. The van der Waals surface area contributed by atoms with Crippen molar-refractivity contribution < 1.29 is 0 Å². The van der Waals surface area contributed by atoms with Crippen LogP contribution in [0.4, 0.5) is 0 Å². The van der Waals surface area contributed by atoms with E-state index in [0.717, 1.165) is 25.3 Å². The maximum Gasteiger partial charge on any atom is 0.107 e. The first-order valence-electron chi connectivity index (χ1n) is 6.61. The Morgan fingerprint density at radius 3 is 2.50 bits per heavy atom. The summed E-state index contributed by atoms with van der Waals surface area (Å²) >= 11 is 0. The molecule has 0 aromatic rings. The average molecular weight is 220 g/mol. The highest BCUT2D eigenvalue weighted by atomic mass is 15.0. The number of rotatable bonds is 3. The van der Waals surface area contributed by atoms with Gasteiger partial charge in [-0.25, -0.2) is 0 Å². The van der Waals surface area contributed by atoms with E-state index in [0.29, 0.717) is 11.3 Å². The summed E-state index contributed by atoms with van der Waals surface area (Å²) < 4.78 is 0. The predicted octanol–water partition coefficient (Wildman–Crippen LogP) is 3.09. The van der Waals surface area contributed by atoms with Crippen LogP contribution in [0.2, 0.25) is 0 Å². The van der Waals surface area contributed by atoms with Crippen LogP contribution in [0.5, 0.6) is 0 Å². The highest BCUT2D eigenvalue weighted by Crippen LogP contribution is 2.44. The van der Waals surface area contributed by atoms with E-state index >= 15 is 0 Å². The van der Waals surface area contributed by atoms with Gasteiger partial charge in [0.15, 0.2) is 0 Å². The zero-order valence-electron chi connectivity index (χ0n) is 10.8. The van der Waals surface area contributed by atoms with Crippen molar-refractivity contribution in [2.45, 2.75) is 58.4 Å². The molecule has 0 bridgehead atoms. The van der Waals surface area contributed by atoms with Crippen LogP contribution in [-0.2, 0) is 0 Å². The summed E-state index contributed by atoms with van der Waals surface area (Å²) in [6.45, 7) is 7.93. The third-order valence-electron chi connectivity index (χ3n) is 4.02. The molecule has 0 heterocycles. The predicted molar refractivity (Wildman–Crippen MR) is 65.9 cm³/mol. The van der Waals surface area contributed by atoms with Gasteiger partial charge in [0.2, 0.25) is 0 Å². The van der Waals surface area contributed by atoms with Gasteiger partial charge < -0.3 is 0 Å². The summed E-state index contributed by atoms with van der Waals surface area (Å²) in [5.74, 6) is 1.51. The smallest absolute Gasteiger partial charge is 0.107 e. The van der Waals surface area contributed by atoms with Crippen LogP contribution < -0.4 is 5.32 Å². The molecule has 90 valence electrons. The molecule has 2 heteroatoms. The van der Waals surface area contributed by atoms with Gasteiger partial charge in [-0.2, -0.15) is 5.26 Å². The Bertz CT molecular complexity index is 298. The summed E-state index contributed by atoms with van der Waals surface area (Å²) in [5.41, 5.74) is 0.0632. The lowest BCUT2D eigenvalue weighted by molar-refractivity contribution is 0.114. The minimum Gasteiger partial charge on any atom is -0.299 e. The summed E-state index contributed by atoms with van der Waals surface area (Å²) in [6, 6.07) is 2.58. The molecule has 2 saturated carbocycles. The van der Waals surface area contributed by atoms with E-state index in [-0.39, 0.29) is 5.54 Å². The second-order valence-corrected chi connectivity index (χ2v) is 6.87. The van der Waals surface area contributed by atoms with Gasteiger partial charge in [0.25, 0.3) is 0 Å². The van der Waals surface area contributed by atoms with Gasteiger partial charge in [0.1, 0.15) is 5.54 Å². The fourth-order valence-electron chi connectivity index (χ4n) is 3.49. The maximum absolute atomic E-state index is 9.51. The number of nitriles is 1. The fraction of sp³-hybridized carbons (Fsp3) is 0.929. The largest absolute Gasteiger partial charge is 0.299 e. The minimum atomic E-state index is -0.246. The zero-order chi connectivity index (χ0) is 11.8. The molecule has 0 saturated heterocycles. The summed E-state index contributed by atoms with van der Waals surface area (Å²) in [5, 5.41) is 13.1. The number of hydrogen-bond donors (Lipinski definition) is 1. The van der Waals surface area contributed by atoms with Gasteiger partial charge in [-0.15, -0.1) is 0 Å². The van der Waals surface area contributed by atoms with Crippen molar-refractivity contribution in [2.75, 3.05) is 6.54 Å². The molecular weight excluding hydrogens is 196 g/mol. The van der Waals surface area contributed by atoms with Crippen LogP contribution in [-0.4, -0.2) is 12.1 Å². The fourth-order valence-corrected chi connectivity index (χ4v) is 3.49. The van der Waals surface area contributed by atoms with E-state index in [1.54, 1.807) is 0 Å². The number of nitrogens with one attached hydrogen (secondary N) is 1. The topological polar surface area (TPSA) is 35.8 Å². The molecular formula is C14H24N2. The molecule has 2 aliphatic rings. The van der Waals surface area contributed by atoms with Gasteiger partial charge in [0.05, 0.1) is 6.07 Å². The Labute approximate surface area is 99.4 Å². The molecule has 2 rings (SSSR count). The Kier molecular flexibility index (Phi) is 3.01. The second kappa shape index (κ2) is 4.04. The van der Waals surface area contributed by atoms with Crippen molar-refractivity contribution in [2.24, 2.45) is 17.3 Å². The first kappa shape index (κ1) is 11.9. The number of nitrogens with zero attached hydrogens (tertiary/aromatic N) is 1. The Hall–Kier alpha value is -0.550. The van der Waals surface area contributed by atoms with Gasteiger partial charge in [-0.1, -0.05) is 20.8 Å². The van der Waals surface area contributed by atoms with E-state index in [1.807, 2.05) is 0 Å². The highest BCUT2D eigenvalue weighted by molar-refractivity contribution is 5.12.